The Balaban J connectivity index is 2.66. The molecule has 1 rings (SSSR count). The van der Waals surface area contributed by atoms with Crippen molar-refractivity contribution in [1.29, 1.82) is 0 Å². The second-order valence-corrected chi connectivity index (χ2v) is 6.90. The molecule has 5 heteroatoms. The number of carboxylic acid groups (broad SMARTS) is 1. The third-order valence-electron chi connectivity index (χ3n) is 5.22. The molecule has 4 unspecified atom stereocenters. The molecule has 0 aliphatic heterocycles. The van der Waals surface area contributed by atoms with E-state index < -0.39 is 5.97 Å². The highest BCUT2D eigenvalue weighted by Gasteiger charge is 2.46. The predicted octanol–water partition coefficient (Wildman–Crippen LogP) is 1.87. The van der Waals surface area contributed by atoms with E-state index in [1.165, 1.54) is 0 Å². The number of nitrogens with one attached hydrogen (secondary N) is 2. The molecule has 1 amide bonds. The number of amides is 1. The molecule has 0 aromatic heterocycles. The molecule has 1 aliphatic rings. The van der Waals surface area contributed by atoms with E-state index in [0.29, 0.717) is 13.0 Å². The molecule has 3 N–H and O–H groups in total. The highest BCUT2D eigenvalue weighted by Crippen LogP contribution is 2.45. The van der Waals surface area contributed by atoms with Crippen molar-refractivity contribution in [2.75, 3.05) is 13.1 Å². The number of carbonyl (C=O) groups is 2. The quantitative estimate of drug-likeness (QED) is 0.699. The van der Waals surface area contributed by atoms with Crippen LogP contribution in [0.4, 0.5) is 0 Å². The maximum atomic E-state index is 12.2. The zero-order chi connectivity index (χ0) is 16.2. The Kier molecular flexibility index (Phi) is 6.20. The first-order valence-electron chi connectivity index (χ1n) is 7.95. The van der Waals surface area contributed by atoms with Gasteiger partial charge in [0.2, 0.25) is 5.91 Å². The summed E-state index contributed by atoms with van der Waals surface area (Å²) in [5, 5.41) is 15.6. The first kappa shape index (κ1) is 18.0. The summed E-state index contributed by atoms with van der Waals surface area (Å²) < 4.78 is 0. The molecule has 1 saturated carbocycles. The van der Waals surface area contributed by atoms with Gasteiger partial charge in [-0.05, 0) is 30.7 Å². The SMILES string of the molecule is CCNCC(C)C(=O)NC1CCC(C(=O)O)C(C)(C)C1C. The summed E-state index contributed by atoms with van der Waals surface area (Å²) in [6.45, 7) is 11.5. The van der Waals surface area contributed by atoms with Gasteiger partial charge in [0.1, 0.15) is 0 Å². The fourth-order valence-corrected chi connectivity index (χ4v) is 3.22. The van der Waals surface area contributed by atoms with E-state index in [4.69, 9.17) is 0 Å². The lowest BCUT2D eigenvalue weighted by molar-refractivity contribution is -0.150. The summed E-state index contributed by atoms with van der Waals surface area (Å²) in [7, 11) is 0. The van der Waals surface area contributed by atoms with Gasteiger partial charge in [0.25, 0.3) is 0 Å². The first-order valence-corrected chi connectivity index (χ1v) is 7.95. The van der Waals surface area contributed by atoms with Crippen LogP contribution in [0, 0.1) is 23.2 Å². The number of rotatable bonds is 6. The molecule has 0 radical (unpaired) electrons. The van der Waals surface area contributed by atoms with Crippen molar-refractivity contribution < 1.29 is 14.7 Å². The van der Waals surface area contributed by atoms with Crippen LogP contribution in [-0.2, 0) is 9.59 Å². The van der Waals surface area contributed by atoms with Crippen molar-refractivity contribution in [1.82, 2.24) is 10.6 Å². The van der Waals surface area contributed by atoms with E-state index in [1.54, 1.807) is 0 Å². The maximum absolute atomic E-state index is 12.2. The average molecular weight is 298 g/mol. The zero-order valence-corrected chi connectivity index (χ0v) is 13.9. The second kappa shape index (κ2) is 7.25. The normalized spacial score (nSPS) is 29.7. The van der Waals surface area contributed by atoms with Crippen LogP contribution in [0.25, 0.3) is 0 Å². The Labute approximate surface area is 127 Å². The van der Waals surface area contributed by atoms with E-state index in [2.05, 4.69) is 17.6 Å². The van der Waals surface area contributed by atoms with Crippen LogP contribution >= 0.6 is 0 Å². The van der Waals surface area contributed by atoms with Crippen LogP contribution in [0.3, 0.4) is 0 Å². The molecule has 1 fully saturated rings. The Bertz CT molecular complexity index is 382. The van der Waals surface area contributed by atoms with Gasteiger partial charge in [-0.1, -0.05) is 34.6 Å². The van der Waals surface area contributed by atoms with Crippen molar-refractivity contribution in [3.05, 3.63) is 0 Å². The van der Waals surface area contributed by atoms with Gasteiger partial charge in [-0.15, -0.1) is 0 Å². The van der Waals surface area contributed by atoms with Gasteiger partial charge < -0.3 is 15.7 Å². The van der Waals surface area contributed by atoms with Gasteiger partial charge in [-0.2, -0.15) is 0 Å². The minimum absolute atomic E-state index is 0.0531. The molecule has 5 nitrogen and oxygen atoms in total. The van der Waals surface area contributed by atoms with Crippen LogP contribution in [-0.4, -0.2) is 36.1 Å². The van der Waals surface area contributed by atoms with E-state index >= 15 is 0 Å². The van der Waals surface area contributed by atoms with Crippen molar-refractivity contribution in [2.45, 2.75) is 53.5 Å². The first-order chi connectivity index (χ1) is 9.71. The van der Waals surface area contributed by atoms with Crippen molar-refractivity contribution in [3.63, 3.8) is 0 Å². The molecule has 0 aromatic rings. The van der Waals surface area contributed by atoms with Gasteiger partial charge in [-0.25, -0.2) is 0 Å². The number of hydrogen-bond donors (Lipinski definition) is 3. The third-order valence-corrected chi connectivity index (χ3v) is 5.22. The highest BCUT2D eigenvalue weighted by atomic mass is 16.4. The minimum Gasteiger partial charge on any atom is -0.481 e. The molecule has 0 aromatic carbocycles. The molecule has 21 heavy (non-hydrogen) atoms. The van der Waals surface area contributed by atoms with Crippen molar-refractivity contribution >= 4 is 11.9 Å². The number of carboxylic acids is 1. The Hall–Kier alpha value is -1.10. The average Bonchev–Trinajstić information content (AvgIpc) is 2.40. The molecular weight excluding hydrogens is 268 g/mol. The van der Waals surface area contributed by atoms with Gasteiger partial charge in [0, 0.05) is 18.5 Å². The topological polar surface area (TPSA) is 78.4 Å². The fraction of sp³-hybridized carbons (Fsp3) is 0.875. The minimum atomic E-state index is -0.725. The summed E-state index contributed by atoms with van der Waals surface area (Å²) in [5.74, 6) is -0.936. The molecule has 0 heterocycles. The second-order valence-electron chi connectivity index (χ2n) is 6.90. The molecule has 122 valence electrons. The Morgan fingerprint density at radius 3 is 2.48 bits per heavy atom. The summed E-state index contributed by atoms with van der Waals surface area (Å²) in [4.78, 5) is 23.6. The molecule has 0 spiro atoms. The van der Waals surface area contributed by atoms with E-state index in [1.807, 2.05) is 27.7 Å². The lowest BCUT2D eigenvalue weighted by Gasteiger charge is -2.46. The van der Waals surface area contributed by atoms with Crippen molar-refractivity contribution in [2.24, 2.45) is 23.2 Å². The van der Waals surface area contributed by atoms with E-state index in [9.17, 15) is 14.7 Å². The van der Waals surface area contributed by atoms with Gasteiger partial charge in [0.15, 0.2) is 0 Å². The largest absolute Gasteiger partial charge is 0.481 e. The third kappa shape index (κ3) is 4.19. The molecule has 1 aliphatic carbocycles. The maximum Gasteiger partial charge on any atom is 0.307 e. The highest BCUT2D eigenvalue weighted by molar-refractivity contribution is 5.79. The van der Waals surface area contributed by atoms with E-state index in [-0.39, 0.29) is 35.1 Å². The number of hydrogen-bond acceptors (Lipinski definition) is 3. The number of carbonyl (C=O) groups excluding carboxylic acids is 1. The fourth-order valence-electron chi connectivity index (χ4n) is 3.22. The van der Waals surface area contributed by atoms with E-state index in [0.717, 1.165) is 13.0 Å². The van der Waals surface area contributed by atoms with Crippen LogP contribution < -0.4 is 10.6 Å². The monoisotopic (exact) mass is 298 g/mol. The van der Waals surface area contributed by atoms with Gasteiger partial charge >= 0.3 is 5.97 Å². The molecule has 0 bridgehead atoms. The summed E-state index contributed by atoms with van der Waals surface area (Å²) in [5.41, 5.74) is -0.313. The van der Waals surface area contributed by atoms with Gasteiger partial charge in [-0.3, -0.25) is 9.59 Å². The molecule has 0 saturated heterocycles. The standard InChI is InChI=1S/C16H30N2O3/c1-6-17-9-10(2)14(19)18-13-8-7-12(15(20)21)16(4,5)11(13)3/h10-13,17H,6-9H2,1-5H3,(H,18,19)(H,20,21). The molecule has 4 atom stereocenters. The summed E-state index contributed by atoms with van der Waals surface area (Å²) in [6.07, 6.45) is 1.36. The van der Waals surface area contributed by atoms with Crippen LogP contribution in [0.5, 0.6) is 0 Å². The Morgan fingerprint density at radius 1 is 1.33 bits per heavy atom. The van der Waals surface area contributed by atoms with Gasteiger partial charge in [0.05, 0.1) is 5.92 Å². The Morgan fingerprint density at radius 2 is 1.95 bits per heavy atom. The lowest BCUT2D eigenvalue weighted by atomic mass is 9.61. The summed E-state index contributed by atoms with van der Waals surface area (Å²) >= 11 is 0. The smallest absolute Gasteiger partial charge is 0.307 e. The molecular formula is C16H30N2O3. The van der Waals surface area contributed by atoms with Crippen molar-refractivity contribution in [3.8, 4) is 0 Å². The lowest BCUT2D eigenvalue weighted by Crippen LogP contribution is -2.53. The number of aliphatic carboxylic acids is 1. The van der Waals surface area contributed by atoms with Crippen LogP contribution in [0.15, 0.2) is 0 Å². The van der Waals surface area contributed by atoms with Crippen LogP contribution in [0.2, 0.25) is 0 Å². The summed E-state index contributed by atoms with van der Waals surface area (Å²) in [6, 6.07) is 0.0622. The predicted molar refractivity (Wildman–Crippen MR) is 82.9 cm³/mol. The van der Waals surface area contributed by atoms with Crippen LogP contribution in [0.1, 0.15) is 47.5 Å². The zero-order valence-electron chi connectivity index (χ0n) is 13.9.